The predicted octanol–water partition coefficient (Wildman–Crippen LogP) is 3.39. The predicted molar refractivity (Wildman–Crippen MR) is 110 cm³/mol. The van der Waals surface area contributed by atoms with Gasteiger partial charge in [0.15, 0.2) is 0 Å². The van der Waals surface area contributed by atoms with Crippen LogP contribution in [-0.4, -0.2) is 54.4 Å². The molecule has 1 aromatic carbocycles. The number of nitrogens with zero attached hydrogens (tertiary/aromatic N) is 2. The Labute approximate surface area is 177 Å². The van der Waals surface area contributed by atoms with Gasteiger partial charge < -0.3 is 14.2 Å². The lowest BCUT2D eigenvalue weighted by molar-refractivity contribution is -0.160. The molecule has 1 aromatic rings. The van der Waals surface area contributed by atoms with Crippen molar-refractivity contribution in [2.75, 3.05) is 26.4 Å². The topological polar surface area (TPSA) is 88.9 Å². The summed E-state index contributed by atoms with van der Waals surface area (Å²) in [5.41, 5.74) is -0.371. The molecule has 0 fully saturated rings. The fourth-order valence-electron chi connectivity index (χ4n) is 2.56. The largest absolute Gasteiger partial charge is 0.490 e. The molecular formula is C22H31FN2O5. The Balaban J connectivity index is 3.07. The number of hydrogen-bond donors (Lipinski definition) is 0. The zero-order valence-electron chi connectivity index (χ0n) is 18.6. The van der Waals surface area contributed by atoms with Crippen LogP contribution >= 0.6 is 0 Å². The van der Waals surface area contributed by atoms with Gasteiger partial charge in [0, 0.05) is 12.1 Å². The molecule has 0 spiro atoms. The van der Waals surface area contributed by atoms with Crippen molar-refractivity contribution in [1.29, 1.82) is 5.26 Å². The van der Waals surface area contributed by atoms with Crippen LogP contribution in [0, 0.1) is 11.3 Å². The van der Waals surface area contributed by atoms with E-state index in [0.29, 0.717) is 16.9 Å². The lowest BCUT2D eigenvalue weighted by Crippen LogP contribution is -2.39. The highest BCUT2D eigenvalue weighted by Gasteiger charge is 2.24. The average Bonchev–Trinajstić information content (AvgIpc) is 2.57. The van der Waals surface area contributed by atoms with E-state index in [1.165, 1.54) is 6.07 Å². The van der Waals surface area contributed by atoms with Gasteiger partial charge in [0.1, 0.15) is 30.2 Å². The van der Waals surface area contributed by atoms with E-state index in [4.69, 9.17) is 19.5 Å². The van der Waals surface area contributed by atoms with Crippen LogP contribution in [0.2, 0.25) is 0 Å². The zero-order valence-corrected chi connectivity index (χ0v) is 18.6. The number of hydrogen-bond acceptors (Lipinski definition) is 7. The molecule has 7 nitrogen and oxygen atoms in total. The van der Waals surface area contributed by atoms with Gasteiger partial charge in [-0.2, -0.15) is 5.26 Å². The summed E-state index contributed by atoms with van der Waals surface area (Å²) in [7, 11) is 0. The molecule has 0 saturated heterocycles. The Kier molecular flexibility index (Phi) is 9.24. The highest BCUT2D eigenvalue weighted by Crippen LogP contribution is 2.23. The van der Waals surface area contributed by atoms with E-state index >= 15 is 0 Å². The highest BCUT2D eigenvalue weighted by atomic mass is 19.1. The third kappa shape index (κ3) is 10.2. The molecule has 0 aliphatic carbocycles. The van der Waals surface area contributed by atoms with Gasteiger partial charge in [-0.1, -0.05) is 6.07 Å². The van der Waals surface area contributed by atoms with Gasteiger partial charge in [-0.3, -0.25) is 14.5 Å². The van der Waals surface area contributed by atoms with Crippen LogP contribution in [0.25, 0.3) is 0 Å². The van der Waals surface area contributed by atoms with E-state index < -0.39 is 29.8 Å². The standard InChI is InChI=1S/C22H31FN2O5/c1-21(2,3)29-19(26)14-25(15-20(27)30-22(4,5)6)13-17-8-7-16(12-24)11-18(17)28-10-9-23/h7-8,11H,9-10,13-15H2,1-6H3. The molecule has 0 saturated carbocycles. The Morgan fingerprint density at radius 2 is 1.57 bits per heavy atom. The summed E-state index contributed by atoms with van der Waals surface area (Å²) >= 11 is 0. The average molecular weight is 422 g/mol. The van der Waals surface area contributed by atoms with Crippen molar-refractivity contribution in [3.05, 3.63) is 29.3 Å². The second kappa shape index (κ2) is 10.9. The van der Waals surface area contributed by atoms with Crippen LogP contribution in [0.15, 0.2) is 18.2 Å². The number of carbonyl (C=O) groups is 2. The third-order valence-corrected chi connectivity index (χ3v) is 3.47. The minimum absolute atomic E-state index is 0.145. The fraction of sp³-hybridized carbons (Fsp3) is 0.591. The van der Waals surface area contributed by atoms with E-state index in [1.54, 1.807) is 58.6 Å². The zero-order chi connectivity index (χ0) is 22.9. The maximum absolute atomic E-state index is 12.6. The van der Waals surface area contributed by atoms with E-state index in [1.807, 2.05) is 6.07 Å². The normalized spacial score (nSPS) is 11.7. The van der Waals surface area contributed by atoms with Crippen LogP contribution in [0.5, 0.6) is 5.75 Å². The smallest absolute Gasteiger partial charge is 0.320 e. The maximum Gasteiger partial charge on any atom is 0.320 e. The van der Waals surface area contributed by atoms with E-state index in [0.717, 1.165) is 0 Å². The van der Waals surface area contributed by atoms with Gasteiger partial charge in [-0.25, -0.2) is 4.39 Å². The summed E-state index contributed by atoms with van der Waals surface area (Å²) in [6, 6.07) is 6.76. The Morgan fingerprint density at radius 1 is 1.03 bits per heavy atom. The van der Waals surface area contributed by atoms with Crippen LogP contribution in [0.1, 0.15) is 52.7 Å². The van der Waals surface area contributed by atoms with Crippen molar-refractivity contribution in [2.45, 2.75) is 59.3 Å². The molecular weight excluding hydrogens is 391 g/mol. The van der Waals surface area contributed by atoms with E-state index in [9.17, 15) is 14.0 Å². The molecule has 0 radical (unpaired) electrons. The Hall–Kier alpha value is -2.66. The van der Waals surface area contributed by atoms with Crippen molar-refractivity contribution in [3.63, 3.8) is 0 Å². The van der Waals surface area contributed by atoms with Crippen molar-refractivity contribution in [2.24, 2.45) is 0 Å². The lowest BCUT2D eigenvalue weighted by atomic mass is 10.1. The van der Waals surface area contributed by atoms with Gasteiger partial charge >= 0.3 is 11.9 Å². The van der Waals surface area contributed by atoms with Crippen LogP contribution in [-0.2, 0) is 25.6 Å². The van der Waals surface area contributed by atoms with E-state index in [-0.39, 0.29) is 26.2 Å². The molecule has 30 heavy (non-hydrogen) atoms. The van der Waals surface area contributed by atoms with E-state index in [2.05, 4.69) is 0 Å². The minimum atomic E-state index is -0.685. The van der Waals surface area contributed by atoms with Gasteiger partial charge in [-0.05, 0) is 53.7 Å². The molecule has 0 aliphatic heterocycles. The third-order valence-electron chi connectivity index (χ3n) is 3.47. The van der Waals surface area contributed by atoms with Crippen molar-refractivity contribution in [3.8, 4) is 11.8 Å². The number of carbonyl (C=O) groups excluding carboxylic acids is 2. The summed E-state index contributed by atoms with van der Waals surface area (Å²) in [6.07, 6.45) is 0. The Morgan fingerprint density at radius 3 is 2.00 bits per heavy atom. The van der Waals surface area contributed by atoms with Crippen molar-refractivity contribution < 1.29 is 28.2 Å². The molecule has 1 rings (SSSR count). The summed E-state index contributed by atoms with van der Waals surface area (Å²) in [4.78, 5) is 26.2. The van der Waals surface area contributed by atoms with Crippen molar-refractivity contribution in [1.82, 2.24) is 4.90 Å². The van der Waals surface area contributed by atoms with Crippen LogP contribution in [0.4, 0.5) is 4.39 Å². The maximum atomic E-state index is 12.6. The lowest BCUT2D eigenvalue weighted by Gasteiger charge is -2.27. The second-order valence-corrected chi connectivity index (χ2v) is 8.79. The number of rotatable bonds is 9. The number of nitriles is 1. The molecule has 0 aromatic heterocycles. The minimum Gasteiger partial charge on any atom is -0.490 e. The highest BCUT2D eigenvalue weighted by molar-refractivity contribution is 5.75. The summed E-state index contributed by atoms with van der Waals surface area (Å²) < 4.78 is 28.7. The summed E-state index contributed by atoms with van der Waals surface area (Å²) in [6.45, 7) is 9.53. The number of benzene rings is 1. The van der Waals surface area contributed by atoms with Gasteiger partial charge in [0.05, 0.1) is 24.7 Å². The summed E-state index contributed by atoms with van der Waals surface area (Å²) in [5.74, 6) is -0.665. The molecule has 0 aliphatic rings. The molecule has 0 amide bonds. The first-order valence-electron chi connectivity index (χ1n) is 9.71. The summed E-state index contributed by atoms with van der Waals surface area (Å²) in [5, 5.41) is 9.10. The molecule has 0 atom stereocenters. The number of ether oxygens (including phenoxy) is 3. The first kappa shape index (κ1) is 25.4. The monoisotopic (exact) mass is 422 g/mol. The molecule has 0 heterocycles. The second-order valence-electron chi connectivity index (χ2n) is 8.79. The number of esters is 2. The van der Waals surface area contributed by atoms with Gasteiger partial charge in [-0.15, -0.1) is 0 Å². The van der Waals surface area contributed by atoms with Crippen LogP contribution in [0.3, 0.4) is 0 Å². The molecule has 0 N–H and O–H groups in total. The SMILES string of the molecule is CC(C)(C)OC(=O)CN(CC(=O)OC(C)(C)C)Cc1ccc(C#N)cc1OCCF. The van der Waals surface area contributed by atoms with Gasteiger partial charge in [0.2, 0.25) is 0 Å². The number of alkyl halides is 1. The fourth-order valence-corrected chi connectivity index (χ4v) is 2.56. The first-order chi connectivity index (χ1) is 13.8. The number of halogens is 1. The van der Waals surface area contributed by atoms with Crippen LogP contribution < -0.4 is 4.74 Å². The quantitative estimate of drug-likeness (QED) is 0.564. The Bertz CT molecular complexity index is 745. The van der Waals surface area contributed by atoms with Crippen molar-refractivity contribution >= 4 is 11.9 Å². The molecule has 8 heteroatoms. The molecule has 0 unspecified atom stereocenters. The first-order valence-corrected chi connectivity index (χ1v) is 9.71. The molecule has 166 valence electrons. The molecule has 0 bridgehead atoms. The van der Waals surface area contributed by atoms with Gasteiger partial charge in [0.25, 0.3) is 0 Å².